The maximum absolute atomic E-state index is 5.48. The molecule has 0 amide bonds. The minimum atomic E-state index is 0.230. The fourth-order valence-corrected chi connectivity index (χ4v) is 2.33. The first-order valence-electron chi connectivity index (χ1n) is 6.44. The van der Waals surface area contributed by atoms with Crippen molar-refractivity contribution in [1.82, 2.24) is 10.2 Å². The van der Waals surface area contributed by atoms with Crippen LogP contribution in [-0.2, 0) is 0 Å². The van der Waals surface area contributed by atoms with Gasteiger partial charge in [-0.3, -0.25) is 4.90 Å². The van der Waals surface area contributed by atoms with E-state index in [1.165, 1.54) is 16.7 Å². The molecule has 1 atom stereocenters. The van der Waals surface area contributed by atoms with E-state index in [-0.39, 0.29) is 6.17 Å². The lowest BCUT2D eigenvalue weighted by atomic mass is 9.95. The average molecular weight is 250 g/mol. The Morgan fingerprint density at radius 2 is 1.78 bits per heavy atom. The van der Waals surface area contributed by atoms with Crippen molar-refractivity contribution in [2.45, 2.75) is 32.9 Å². The third-order valence-electron chi connectivity index (χ3n) is 3.32. The van der Waals surface area contributed by atoms with Crippen molar-refractivity contribution in [2.24, 2.45) is 0 Å². The molecule has 0 spiro atoms. The van der Waals surface area contributed by atoms with E-state index in [1.54, 1.807) is 7.11 Å². The number of hydrogen-bond acceptors (Lipinski definition) is 3. The van der Waals surface area contributed by atoms with E-state index in [0.717, 1.165) is 5.75 Å². The zero-order valence-corrected chi connectivity index (χ0v) is 12.7. The third-order valence-corrected chi connectivity index (χ3v) is 3.32. The SMILES string of the molecule is CNC(c1cc(C(C)C)c(OC)cc1C)N(C)C. The van der Waals surface area contributed by atoms with Gasteiger partial charge in [-0.25, -0.2) is 0 Å². The Balaban J connectivity index is 3.32. The fraction of sp³-hybridized carbons (Fsp3) is 0.600. The largest absolute Gasteiger partial charge is 0.496 e. The van der Waals surface area contributed by atoms with Gasteiger partial charge >= 0.3 is 0 Å². The number of nitrogens with zero attached hydrogens (tertiary/aromatic N) is 1. The molecule has 0 bridgehead atoms. The second-order valence-electron chi connectivity index (χ2n) is 5.26. The highest BCUT2D eigenvalue weighted by Gasteiger charge is 2.18. The van der Waals surface area contributed by atoms with Crippen LogP contribution in [0, 0.1) is 6.92 Å². The molecule has 0 saturated carbocycles. The first-order valence-corrected chi connectivity index (χ1v) is 6.44. The van der Waals surface area contributed by atoms with Crippen LogP contribution in [0.2, 0.25) is 0 Å². The summed E-state index contributed by atoms with van der Waals surface area (Å²) in [4.78, 5) is 2.18. The van der Waals surface area contributed by atoms with Gasteiger partial charge in [0, 0.05) is 0 Å². The third kappa shape index (κ3) is 3.03. The monoisotopic (exact) mass is 250 g/mol. The van der Waals surface area contributed by atoms with E-state index in [1.807, 2.05) is 7.05 Å². The van der Waals surface area contributed by atoms with Crippen molar-refractivity contribution in [3.63, 3.8) is 0 Å². The number of methoxy groups -OCH3 is 1. The van der Waals surface area contributed by atoms with Gasteiger partial charge in [-0.1, -0.05) is 13.8 Å². The van der Waals surface area contributed by atoms with Crippen LogP contribution in [0.15, 0.2) is 12.1 Å². The Morgan fingerprint density at radius 3 is 2.17 bits per heavy atom. The van der Waals surface area contributed by atoms with E-state index in [0.29, 0.717) is 5.92 Å². The van der Waals surface area contributed by atoms with Crippen LogP contribution in [-0.4, -0.2) is 33.2 Å². The number of rotatable bonds is 5. The molecular formula is C15H26N2O. The van der Waals surface area contributed by atoms with Crippen molar-refractivity contribution < 1.29 is 4.74 Å². The highest BCUT2D eigenvalue weighted by Crippen LogP contribution is 2.32. The molecule has 102 valence electrons. The van der Waals surface area contributed by atoms with Crippen molar-refractivity contribution >= 4 is 0 Å². The zero-order valence-electron chi connectivity index (χ0n) is 12.7. The predicted molar refractivity (Wildman–Crippen MR) is 77.3 cm³/mol. The lowest BCUT2D eigenvalue weighted by Crippen LogP contribution is -2.31. The lowest BCUT2D eigenvalue weighted by molar-refractivity contribution is 0.263. The fourth-order valence-electron chi connectivity index (χ4n) is 2.33. The lowest BCUT2D eigenvalue weighted by Gasteiger charge is -2.27. The molecule has 1 N–H and O–H groups in total. The van der Waals surface area contributed by atoms with Crippen molar-refractivity contribution in [2.75, 3.05) is 28.3 Å². The van der Waals surface area contributed by atoms with Crippen LogP contribution in [0.4, 0.5) is 0 Å². The highest BCUT2D eigenvalue weighted by atomic mass is 16.5. The van der Waals surface area contributed by atoms with Crippen molar-refractivity contribution in [3.8, 4) is 5.75 Å². The Morgan fingerprint density at radius 1 is 1.17 bits per heavy atom. The smallest absolute Gasteiger partial charge is 0.122 e. The Kier molecular flexibility index (Phi) is 5.17. The Hall–Kier alpha value is -1.06. The summed E-state index contributed by atoms with van der Waals surface area (Å²) in [6.45, 7) is 6.53. The summed E-state index contributed by atoms with van der Waals surface area (Å²) in [5.41, 5.74) is 3.83. The number of aryl methyl sites for hydroxylation is 1. The second kappa shape index (κ2) is 6.21. The average Bonchev–Trinajstić information content (AvgIpc) is 2.30. The van der Waals surface area contributed by atoms with Crippen LogP contribution in [0.5, 0.6) is 5.75 Å². The molecule has 3 nitrogen and oxygen atoms in total. The first kappa shape index (κ1) is 15.0. The molecule has 1 unspecified atom stereocenters. The molecule has 0 radical (unpaired) electrons. The quantitative estimate of drug-likeness (QED) is 0.813. The zero-order chi connectivity index (χ0) is 13.9. The first-order chi connectivity index (χ1) is 8.42. The molecule has 0 aliphatic carbocycles. The van der Waals surface area contributed by atoms with Gasteiger partial charge in [-0.15, -0.1) is 0 Å². The van der Waals surface area contributed by atoms with Crippen LogP contribution in [0.25, 0.3) is 0 Å². The topological polar surface area (TPSA) is 24.5 Å². The van der Waals surface area contributed by atoms with Gasteiger partial charge < -0.3 is 10.1 Å². The van der Waals surface area contributed by atoms with E-state index >= 15 is 0 Å². The summed E-state index contributed by atoms with van der Waals surface area (Å²) < 4.78 is 5.48. The standard InChI is InChI=1S/C15H26N2O/c1-10(2)12-9-13(15(16-4)17(5)6)11(3)8-14(12)18-7/h8-10,15-16H,1-7H3. The second-order valence-corrected chi connectivity index (χ2v) is 5.26. The van der Waals surface area contributed by atoms with Crippen molar-refractivity contribution in [1.29, 1.82) is 0 Å². The summed E-state index contributed by atoms with van der Waals surface area (Å²) in [5, 5.41) is 3.35. The molecule has 1 aromatic carbocycles. The van der Waals surface area contributed by atoms with Crippen LogP contribution in [0.1, 0.15) is 42.6 Å². The molecule has 1 aromatic rings. The molecule has 0 aromatic heterocycles. The number of benzene rings is 1. The Labute approximate surface area is 111 Å². The number of ether oxygens (including phenoxy) is 1. The normalized spacial score (nSPS) is 13.2. The van der Waals surface area contributed by atoms with Gasteiger partial charge in [0.1, 0.15) is 5.75 Å². The minimum absolute atomic E-state index is 0.230. The molecule has 0 saturated heterocycles. The van der Waals surface area contributed by atoms with Crippen molar-refractivity contribution in [3.05, 3.63) is 28.8 Å². The van der Waals surface area contributed by atoms with Crippen LogP contribution in [0.3, 0.4) is 0 Å². The summed E-state index contributed by atoms with van der Waals surface area (Å²) in [5.74, 6) is 1.44. The van der Waals surface area contributed by atoms with Crippen LogP contribution < -0.4 is 10.1 Å². The van der Waals surface area contributed by atoms with Crippen LogP contribution >= 0.6 is 0 Å². The van der Waals surface area contributed by atoms with E-state index < -0.39 is 0 Å². The summed E-state index contributed by atoms with van der Waals surface area (Å²) in [6.07, 6.45) is 0.230. The molecule has 18 heavy (non-hydrogen) atoms. The van der Waals surface area contributed by atoms with Gasteiger partial charge in [-0.2, -0.15) is 0 Å². The molecule has 0 heterocycles. The highest BCUT2D eigenvalue weighted by molar-refractivity contribution is 5.45. The van der Waals surface area contributed by atoms with Gasteiger partial charge in [0.05, 0.1) is 13.3 Å². The maximum atomic E-state index is 5.48. The maximum Gasteiger partial charge on any atom is 0.122 e. The van der Waals surface area contributed by atoms with E-state index in [9.17, 15) is 0 Å². The van der Waals surface area contributed by atoms with E-state index in [2.05, 4.69) is 57.2 Å². The summed E-state index contributed by atoms with van der Waals surface area (Å²) in [6, 6.07) is 4.40. The summed E-state index contributed by atoms with van der Waals surface area (Å²) in [7, 11) is 7.89. The van der Waals surface area contributed by atoms with Gasteiger partial charge in [-0.05, 0) is 62.8 Å². The number of nitrogens with one attached hydrogen (secondary N) is 1. The van der Waals surface area contributed by atoms with Gasteiger partial charge in [0.2, 0.25) is 0 Å². The van der Waals surface area contributed by atoms with E-state index in [4.69, 9.17) is 4.74 Å². The molecule has 0 aliphatic rings. The Bertz CT molecular complexity index is 400. The number of hydrogen-bond donors (Lipinski definition) is 1. The predicted octanol–water partition coefficient (Wildman–Crippen LogP) is 2.91. The molecule has 1 rings (SSSR count). The molecule has 0 fully saturated rings. The minimum Gasteiger partial charge on any atom is -0.496 e. The molecular weight excluding hydrogens is 224 g/mol. The van der Waals surface area contributed by atoms with Gasteiger partial charge in [0.15, 0.2) is 0 Å². The molecule has 3 heteroatoms. The summed E-state index contributed by atoms with van der Waals surface area (Å²) >= 11 is 0. The van der Waals surface area contributed by atoms with Gasteiger partial charge in [0.25, 0.3) is 0 Å². The molecule has 0 aliphatic heterocycles.